The van der Waals surface area contributed by atoms with Gasteiger partial charge >= 0.3 is 0 Å². The van der Waals surface area contributed by atoms with Gasteiger partial charge in [-0.2, -0.15) is 0 Å². The average molecular weight is 428 g/mol. The number of fused-ring (bicyclic) bond motifs is 1. The van der Waals surface area contributed by atoms with Crippen LogP contribution < -0.4 is 5.32 Å². The molecule has 3 heterocycles. The van der Waals surface area contributed by atoms with Gasteiger partial charge in [-0.05, 0) is 62.1 Å². The fraction of sp³-hybridized carbons (Fsp3) is 0.296. The van der Waals surface area contributed by atoms with E-state index in [9.17, 15) is 0 Å². The molecule has 3 aromatic heterocycles. The number of pyridine rings is 1. The number of nitrogens with zero attached hydrogens (tertiary/aromatic N) is 2. The number of hydrogen-bond acceptors (Lipinski definition) is 3. The Morgan fingerprint density at radius 3 is 2.39 bits per heavy atom. The van der Waals surface area contributed by atoms with Gasteiger partial charge in [-0.3, -0.25) is 4.40 Å². The van der Waals surface area contributed by atoms with Crippen LogP contribution in [0, 0.1) is 17.3 Å². The van der Waals surface area contributed by atoms with Crippen LogP contribution >= 0.6 is 11.3 Å². The van der Waals surface area contributed by atoms with Crippen LogP contribution in [0.1, 0.15) is 51.5 Å². The molecular formula is C27H29N3S. The van der Waals surface area contributed by atoms with Gasteiger partial charge in [-0.1, -0.05) is 56.9 Å². The summed E-state index contributed by atoms with van der Waals surface area (Å²) in [6.07, 6.45) is 3.11. The van der Waals surface area contributed by atoms with Gasteiger partial charge in [-0.15, -0.1) is 11.3 Å². The zero-order chi connectivity index (χ0) is 22.1. The molecule has 4 rings (SSSR count). The minimum atomic E-state index is -0.0774. The first kappa shape index (κ1) is 21.2. The van der Waals surface area contributed by atoms with Crippen LogP contribution in [0.25, 0.3) is 16.2 Å². The van der Waals surface area contributed by atoms with Gasteiger partial charge < -0.3 is 5.32 Å². The predicted molar refractivity (Wildman–Crippen MR) is 133 cm³/mol. The maximum absolute atomic E-state index is 4.96. The van der Waals surface area contributed by atoms with Gasteiger partial charge in [0.05, 0.1) is 9.75 Å². The number of aromatic nitrogens is 2. The molecule has 0 unspecified atom stereocenters. The zero-order valence-electron chi connectivity index (χ0n) is 18.9. The Balaban J connectivity index is 1.71. The van der Waals surface area contributed by atoms with Gasteiger partial charge in [-0.25, -0.2) is 4.98 Å². The third-order valence-corrected chi connectivity index (χ3v) is 5.91. The molecular weight excluding hydrogens is 398 g/mol. The highest BCUT2D eigenvalue weighted by molar-refractivity contribution is 7.16. The van der Waals surface area contributed by atoms with Crippen molar-refractivity contribution in [3.63, 3.8) is 0 Å². The Bertz CT molecular complexity index is 1240. The molecule has 158 valence electrons. The van der Waals surface area contributed by atoms with E-state index in [4.69, 9.17) is 4.98 Å². The number of hydrogen-bond donors (Lipinski definition) is 1. The Hall–Kier alpha value is -3.03. The van der Waals surface area contributed by atoms with Gasteiger partial charge in [0.2, 0.25) is 0 Å². The molecule has 4 aromatic rings. The van der Waals surface area contributed by atoms with Crippen LogP contribution in [0.15, 0.2) is 66.9 Å². The van der Waals surface area contributed by atoms with Crippen molar-refractivity contribution in [1.29, 1.82) is 0 Å². The van der Waals surface area contributed by atoms with Gasteiger partial charge in [0.25, 0.3) is 0 Å². The van der Waals surface area contributed by atoms with Gasteiger partial charge in [0, 0.05) is 17.3 Å². The van der Waals surface area contributed by atoms with E-state index in [-0.39, 0.29) is 11.0 Å². The fourth-order valence-electron chi connectivity index (χ4n) is 4.17. The van der Waals surface area contributed by atoms with Gasteiger partial charge in [0.15, 0.2) is 0 Å². The summed E-state index contributed by atoms with van der Waals surface area (Å²) < 4.78 is 2.15. The molecule has 1 N–H and O–H groups in total. The van der Waals surface area contributed by atoms with Crippen molar-refractivity contribution in [1.82, 2.24) is 9.38 Å². The predicted octanol–water partition coefficient (Wildman–Crippen LogP) is 7.09. The average Bonchev–Trinajstić information content (AvgIpc) is 3.30. The Kier molecular flexibility index (Phi) is 5.64. The van der Waals surface area contributed by atoms with Crippen LogP contribution in [0.4, 0.5) is 5.82 Å². The van der Waals surface area contributed by atoms with Crippen LogP contribution in [-0.4, -0.2) is 14.9 Å². The normalized spacial score (nSPS) is 11.9. The minimum absolute atomic E-state index is 0.0774. The fourth-order valence-corrected chi connectivity index (χ4v) is 5.02. The molecule has 0 atom stereocenters. The summed E-state index contributed by atoms with van der Waals surface area (Å²) in [7, 11) is 0. The zero-order valence-corrected chi connectivity index (χ0v) is 19.7. The van der Waals surface area contributed by atoms with Crippen molar-refractivity contribution >= 4 is 22.8 Å². The number of imidazole rings is 1. The van der Waals surface area contributed by atoms with Gasteiger partial charge in [0.1, 0.15) is 17.2 Å². The van der Waals surface area contributed by atoms with Crippen LogP contribution in [0.5, 0.6) is 0 Å². The maximum Gasteiger partial charge on any atom is 0.140 e. The van der Waals surface area contributed by atoms with Crippen LogP contribution in [0.2, 0.25) is 0 Å². The van der Waals surface area contributed by atoms with E-state index in [1.807, 2.05) is 42.5 Å². The molecule has 0 aliphatic rings. The van der Waals surface area contributed by atoms with Crippen molar-refractivity contribution in [3.8, 4) is 22.4 Å². The molecule has 0 aliphatic carbocycles. The third kappa shape index (κ3) is 5.18. The summed E-state index contributed by atoms with van der Waals surface area (Å²) in [5, 5.41) is 3.80. The monoisotopic (exact) mass is 427 g/mol. The summed E-state index contributed by atoms with van der Waals surface area (Å²) >= 11 is 1.68. The molecule has 31 heavy (non-hydrogen) atoms. The minimum Gasteiger partial charge on any atom is -0.364 e. The third-order valence-electron chi connectivity index (χ3n) is 4.90. The lowest BCUT2D eigenvalue weighted by Crippen LogP contribution is -2.36. The molecule has 0 spiro atoms. The quantitative estimate of drug-likeness (QED) is 0.352. The first-order valence-electron chi connectivity index (χ1n) is 10.6. The van der Waals surface area contributed by atoms with E-state index >= 15 is 0 Å². The topological polar surface area (TPSA) is 29.3 Å². The second kappa shape index (κ2) is 8.24. The van der Waals surface area contributed by atoms with E-state index in [2.05, 4.69) is 80.6 Å². The lowest BCUT2D eigenvalue weighted by molar-refractivity contribution is 0.302. The number of benzene rings is 1. The molecule has 0 radical (unpaired) electrons. The van der Waals surface area contributed by atoms with E-state index in [1.54, 1.807) is 11.3 Å². The largest absolute Gasteiger partial charge is 0.364 e. The Morgan fingerprint density at radius 2 is 1.65 bits per heavy atom. The lowest BCUT2D eigenvalue weighted by atomic mass is 9.82. The van der Waals surface area contributed by atoms with E-state index in [0.717, 1.165) is 38.9 Å². The van der Waals surface area contributed by atoms with Crippen molar-refractivity contribution < 1.29 is 0 Å². The number of anilines is 1. The van der Waals surface area contributed by atoms with E-state index in [1.165, 1.54) is 0 Å². The second-order valence-corrected chi connectivity index (χ2v) is 10.8. The number of rotatable bonds is 4. The number of thiophene rings is 1. The summed E-state index contributed by atoms with van der Waals surface area (Å²) in [4.78, 5) is 7.12. The van der Waals surface area contributed by atoms with E-state index in [0.29, 0.717) is 0 Å². The van der Waals surface area contributed by atoms with Crippen LogP contribution in [0.3, 0.4) is 0 Å². The van der Waals surface area contributed by atoms with Crippen molar-refractivity contribution in [2.45, 2.75) is 46.6 Å². The standard InChI is InChI=1S/C27H29N3S/c1-26(2,3)19-27(4,5)29-25-24(28-23-13-9-10-18-30(23)25)22-17-16-21(31-22)15-14-20-11-7-6-8-12-20/h6-13,16-18,29H,19H2,1-5H3. The van der Waals surface area contributed by atoms with Crippen molar-refractivity contribution in [2.75, 3.05) is 5.32 Å². The highest BCUT2D eigenvalue weighted by Gasteiger charge is 2.28. The highest BCUT2D eigenvalue weighted by Crippen LogP contribution is 2.37. The first-order chi connectivity index (χ1) is 14.7. The molecule has 0 saturated carbocycles. The highest BCUT2D eigenvalue weighted by atomic mass is 32.1. The Labute approximate surface area is 189 Å². The molecule has 1 aromatic carbocycles. The second-order valence-electron chi connectivity index (χ2n) is 9.76. The van der Waals surface area contributed by atoms with Crippen molar-refractivity contribution in [2.24, 2.45) is 5.41 Å². The van der Waals surface area contributed by atoms with Crippen molar-refractivity contribution in [3.05, 3.63) is 77.3 Å². The molecule has 3 nitrogen and oxygen atoms in total. The summed E-state index contributed by atoms with van der Waals surface area (Å²) in [6.45, 7) is 11.4. The molecule has 4 heteroatoms. The molecule has 0 amide bonds. The number of nitrogens with one attached hydrogen (secondary N) is 1. The maximum atomic E-state index is 4.96. The Morgan fingerprint density at radius 1 is 0.903 bits per heavy atom. The molecule has 0 aliphatic heterocycles. The van der Waals surface area contributed by atoms with E-state index < -0.39 is 0 Å². The lowest BCUT2D eigenvalue weighted by Gasteiger charge is -2.34. The summed E-state index contributed by atoms with van der Waals surface area (Å²) in [5.74, 6) is 7.58. The first-order valence-corrected chi connectivity index (χ1v) is 11.4. The molecule has 0 saturated heterocycles. The summed E-state index contributed by atoms with van der Waals surface area (Å²) in [5.41, 5.74) is 3.09. The summed E-state index contributed by atoms with van der Waals surface area (Å²) in [6, 6.07) is 20.4. The molecule has 0 bridgehead atoms. The smallest absolute Gasteiger partial charge is 0.140 e. The molecule has 0 fully saturated rings. The SMILES string of the molecule is CC(C)(C)CC(C)(C)Nc1c(-c2ccc(C#Cc3ccccc3)s2)nc2ccccn12. The van der Waals surface area contributed by atoms with Crippen LogP contribution in [-0.2, 0) is 0 Å².